The number of amides is 1. The van der Waals surface area contributed by atoms with Crippen molar-refractivity contribution in [2.45, 2.75) is 25.9 Å². The average Bonchev–Trinajstić information content (AvgIpc) is 3.14. The standard InChI is InChI=1S/C19H17ClIN3O/c20-19-22-16-4-1-2-5-17(16)24(19)11-13-7-8-14(15(21)10-13)12-23-9-3-6-18(23)25/h1-2,4-5,7-8,10H,3,6,9,11-12H2. The molecule has 0 aliphatic carbocycles. The minimum absolute atomic E-state index is 0.261. The van der Waals surface area contributed by atoms with Crippen LogP contribution in [0.25, 0.3) is 11.0 Å². The average molecular weight is 466 g/mol. The highest BCUT2D eigenvalue weighted by molar-refractivity contribution is 14.1. The summed E-state index contributed by atoms with van der Waals surface area (Å²) in [7, 11) is 0. The van der Waals surface area contributed by atoms with Gasteiger partial charge in [0.1, 0.15) is 0 Å². The molecule has 1 saturated heterocycles. The normalized spacial score (nSPS) is 14.6. The second-order valence-corrected chi connectivity index (χ2v) is 7.80. The summed E-state index contributed by atoms with van der Waals surface area (Å²) in [6.45, 7) is 2.25. The Bertz CT molecular complexity index is 953. The number of imidazole rings is 1. The van der Waals surface area contributed by atoms with Crippen LogP contribution in [-0.2, 0) is 17.9 Å². The number of carbonyl (C=O) groups excluding carboxylic acids is 1. The predicted octanol–water partition coefficient (Wildman–Crippen LogP) is 4.47. The highest BCUT2D eigenvalue weighted by atomic mass is 127. The molecule has 0 unspecified atom stereocenters. The molecule has 25 heavy (non-hydrogen) atoms. The van der Waals surface area contributed by atoms with Crippen LogP contribution in [0.4, 0.5) is 0 Å². The zero-order valence-electron chi connectivity index (χ0n) is 13.6. The number of para-hydroxylation sites is 2. The van der Waals surface area contributed by atoms with Crippen LogP contribution in [-0.4, -0.2) is 26.9 Å². The zero-order chi connectivity index (χ0) is 17.4. The van der Waals surface area contributed by atoms with E-state index in [-0.39, 0.29) is 5.91 Å². The van der Waals surface area contributed by atoms with Crippen LogP contribution >= 0.6 is 34.2 Å². The molecule has 128 valence electrons. The van der Waals surface area contributed by atoms with Crippen molar-refractivity contribution < 1.29 is 4.79 Å². The summed E-state index contributed by atoms with van der Waals surface area (Å²) in [6, 6.07) is 14.4. The molecule has 0 saturated carbocycles. The maximum absolute atomic E-state index is 11.8. The van der Waals surface area contributed by atoms with Gasteiger partial charge in [-0.2, -0.15) is 0 Å². The first kappa shape index (κ1) is 16.8. The largest absolute Gasteiger partial charge is 0.338 e. The summed E-state index contributed by atoms with van der Waals surface area (Å²) >= 11 is 8.68. The van der Waals surface area contributed by atoms with Crippen molar-refractivity contribution in [3.8, 4) is 0 Å². The quantitative estimate of drug-likeness (QED) is 0.534. The Morgan fingerprint density at radius 1 is 1.16 bits per heavy atom. The molecule has 0 spiro atoms. The Morgan fingerprint density at radius 2 is 2.00 bits per heavy atom. The smallest absolute Gasteiger partial charge is 0.222 e. The molecular weight excluding hydrogens is 449 g/mol. The monoisotopic (exact) mass is 465 g/mol. The fourth-order valence-electron chi connectivity index (χ4n) is 3.27. The van der Waals surface area contributed by atoms with Crippen molar-refractivity contribution in [2.24, 2.45) is 0 Å². The van der Waals surface area contributed by atoms with Gasteiger partial charge in [-0.15, -0.1) is 0 Å². The van der Waals surface area contributed by atoms with E-state index in [0.29, 0.717) is 24.8 Å². The number of likely N-dealkylation sites (tertiary alicyclic amines) is 1. The minimum Gasteiger partial charge on any atom is -0.338 e. The van der Waals surface area contributed by atoms with Gasteiger partial charge in [-0.1, -0.05) is 24.3 Å². The number of hydrogen-bond acceptors (Lipinski definition) is 2. The van der Waals surface area contributed by atoms with Crippen LogP contribution in [0.2, 0.25) is 5.28 Å². The van der Waals surface area contributed by atoms with Gasteiger partial charge < -0.3 is 9.47 Å². The third kappa shape index (κ3) is 3.40. The van der Waals surface area contributed by atoms with E-state index >= 15 is 0 Å². The Kier molecular flexibility index (Phi) is 4.69. The summed E-state index contributed by atoms with van der Waals surface area (Å²) in [4.78, 5) is 18.2. The Labute approximate surface area is 164 Å². The number of fused-ring (bicyclic) bond motifs is 1. The van der Waals surface area contributed by atoms with E-state index in [4.69, 9.17) is 11.6 Å². The molecule has 0 radical (unpaired) electrons. The SMILES string of the molecule is O=C1CCCN1Cc1ccc(Cn2c(Cl)nc3ccccc32)cc1I. The van der Waals surface area contributed by atoms with E-state index in [1.807, 2.05) is 33.7 Å². The first-order valence-corrected chi connectivity index (χ1v) is 9.73. The molecule has 1 fully saturated rings. The number of carbonyl (C=O) groups is 1. The molecule has 2 heterocycles. The van der Waals surface area contributed by atoms with Gasteiger partial charge in [0.15, 0.2) is 0 Å². The maximum atomic E-state index is 11.8. The van der Waals surface area contributed by atoms with Gasteiger partial charge in [0.2, 0.25) is 11.2 Å². The molecule has 1 aromatic heterocycles. The van der Waals surface area contributed by atoms with Crippen LogP contribution in [0.3, 0.4) is 0 Å². The van der Waals surface area contributed by atoms with Crippen molar-refractivity contribution >= 4 is 51.1 Å². The Balaban J connectivity index is 1.58. The summed E-state index contributed by atoms with van der Waals surface area (Å²) < 4.78 is 3.20. The van der Waals surface area contributed by atoms with Crippen LogP contribution in [0.1, 0.15) is 24.0 Å². The van der Waals surface area contributed by atoms with Gasteiger partial charge in [-0.25, -0.2) is 4.98 Å². The molecule has 0 N–H and O–H groups in total. The lowest BCUT2D eigenvalue weighted by Crippen LogP contribution is -2.24. The summed E-state index contributed by atoms with van der Waals surface area (Å²) in [5.74, 6) is 0.261. The van der Waals surface area contributed by atoms with Crippen molar-refractivity contribution in [2.75, 3.05) is 6.54 Å². The molecule has 3 aromatic rings. The Morgan fingerprint density at radius 3 is 2.76 bits per heavy atom. The van der Waals surface area contributed by atoms with E-state index in [2.05, 4.69) is 45.8 Å². The number of benzene rings is 2. The number of rotatable bonds is 4. The summed E-state index contributed by atoms with van der Waals surface area (Å²) in [5.41, 5.74) is 4.31. The van der Waals surface area contributed by atoms with Gasteiger partial charge in [0.25, 0.3) is 0 Å². The Hall–Kier alpha value is -1.60. The van der Waals surface area contributed by atoms with Crippen LogP contribution in [0, 0.1) is 3.57 Å². The number of halogens is 2. The van der Waals surface area contributed by atoms with Crippen molar-refractivity contribution in [3.63, 3.8) is 0 Å². The topological polar surface area (TPSA) is 38.1 Å². The predicted molar refractivity (Wildman–Crippen MR) is 108 cm³/mol. The fourth-order valence-corrected chi connectivity index (χ4v) is 4.27. The van der Waals surface area contributed by atoms with E-state index < -0.39 is 0 Å². The highest BCUT2D eigenvalue weighted by Gasteiger charge is 2.20. The second kappa shape index (κ2) is 6.96. The highest BCUT2D eigenvalue weighted by Crippen LogP contribution is 2.24. The molecule has 4 nitrogen and oxygen atoms in total. The van der Waals surface area contributed by atoms with Gasteiger partial charge in [0.05, 0.1) is 17.6 Å². The van der Waals surface area contributed by atoms with E-state index in [0.717, 1.165) is 24.0 Å². The molecule has 2 aromatic carbocycles. The molecule has 4 rings (SSSR count). The molecule has 6 heteroatoms. The maximum Gasteiger partial charge on any atom is 0.222 e. The van der Waals surface area contributed by atoms with Crippen molar-refractivity contribution in [1.82, 2.24) is 14.5 Å². The lowest BCUT2D eigenvalue weighted by Gasteiger charge is -2.17. The number of hydrogen-bond donors (Lipinski definition) is 0. The lowest BCUT2D eigenvalue weighted by molar-refractivity contribution is -0.128. The molecule has 0 bridgehead atoms. The van der Waals surface area contributed by atoms with E-state index in [1.165, 1.54) is 14.7 Å². The van der Waals surface area contributed by atoms with E-state index in [1.54, 1.807) is 0 Å². The van der Waals surface area contributed by atoms with Gasteiger partial charge >= 0.3 is 0 Å². The summed E-state index contributed by atoms with van der Waals surface area (Å²) in [5, 5.41) is 0.503. The van der Waals surface area contributed by atoms with Gasteiger partial charge in [-0.3, -0.25) is 4.79 Å². The molecule has 1 amide bonds. The van der Waals surface area contributed by atoms with Crippen LogP contribution in [0.5, 0.6) is 0 Å². The van der Waals surface area contributed by atoms with E-state index in [9.17, 15) is 4.79 Å². The molecule has 1 aliphatic rings. The second-order valence-electron chi connectivity index (χ2n) is 6.30. The van der Waals surface area contributed by atoms with Crippen molar-refractivity contribution in [3.05, 3.63) is 62.4 Å². The van der Waals surface area contributed by atoms with Gasteiger partial charge in [0, 0.05) is 23.1 Å². The number of aromatic nitrogens is 2. The molecular formula is C19H17ClIN3O. The zero-order valence-corrected chi connectivity index (χ0v) is 16.5. The van der Waals surface area contributed by atoms with Crippen LogP contribution in [0.15, 0.2) is 42.5 Å². The van der Waals surface area contributed by atoms with Crippen molar-refractivity contribution in [1.29, 1.82) is 0 Å². The molecule has 1 aliphatic heterocycles. The first-order valence-electron chi connectivity index (χ1n) is 8.27. The fraction of sp³-hybridized carbons (Fsp3) is 0.263. The third-order valence-electron chi connectivity index (χ3n) is 4.60. The summed E-state index contributed by atoms with van der Waals surface area (Å²) in [6.07, 6.45) is 1.65. The molecule has 0 atom stereocenters. The van der Waals surface area contributed by atoms with Crippen LogP contribution < -0.4 is 0 Å². The number of nitrogens with zero attached hydrogens (tertiary/aromatic N) is 3. The first-order chi connectivity index (χ1) is 12.1. The minimum atomic E-state index is 0.261. The lowest BCUT2D eigenvalue weighted by atomic mass is 10.1. The van der Waals surface area contributed by atoms with Gasteiger partial charge in [-0.05, 0) is 69.9 Å². The third-order valence-corrected chi connectivity index (χ3v) is 5.89.